The fourth-order valence-electron chi connectivity index (χ4n) is 0. The molecular weight excluding hydrogens is 280 g/mol. The van der Waals surface area contributed by atoms with Crippen LogP contribution in [-0.4, -0.2) is 31.7 Å². The van der Waals surface area contributed by atoms with Gasteiger partial charge in [0.1, 0.15) is 0 Å². The second kappa shape index (κ2) is 42.1. The van der Waals surface area contributed by atoms with Crippen molar-refractivity contribution in [2.75, 3.05) is 0 Å². The van der Waals surface area contributed by atoms with Gasteiger partial charge in [0.15, 0.2) is 0 Å². The molecule has 0 aliphatic rings. The normalized spacial score (nSPS) is 0. The van der Waals surface area contributed by atoms with Crippen LogP contribution in [0.25, 0.3) is 0 Å². The molecule has 0 saturated carbocycles. The number of hydrogen-bond donors (Lipinski definition) is 0. The predicted octanol–water partition coefficient (Wildman–Crippen LogP) is -3.79. The summed E-state index contributed by atoms with van der Waals surface area (Å²) in [6, 6.07) is 0. The minimum absolute atomic E-state index is 0. The standard InChI is InChI=1S/Bi.Na.H2O.2O/h;;1H2;;/q;+1;;2*-2/p-1. The fraction of sp³-hybridized carbons (Fsp3) is 0. The third-order valence-electron chi connectivity index (χ3n) is 0. The first-order valence-corrected chi connectivity index (χ1v) is 0. The monoisotopic (exact) mass is 281 g/mol. The average Bonchev–Trinajstić information content (AvgIpc) is 0. The topological polar surface area (TPSA) is 87.0 Å². The van der Waals surface area contributed by atoms with Crippen molar-refractivity contribution < 1.29 is 46.0 Å². The molecule has 0 fully saturated rings. The summed E-state index contributed by atoms with van der Waals surface area (Å²) in [5.74, 6) is 0. The van der Waals surface area contributed by atoms with Gasteiger partial charge in [0.2, 0.25) is 0 Å². The molecule has 5 heteroatoms. The maximum atomic E-state index is 0. The molecule has 0 atom stereocenters. The summed E-state index contributed by atoms with van der Waals surface area (Å²) in [6.07, 6.45) is 0. The first kappa shape index (κ1) is 72.3. The van der Waals surface area contributed by atoms with Crippen LogP contribution >= 0.6 is 0 Å². The quantitative estimate of drug-likeness (QED) is 0.419. The molecule has 3 radical (unpaired) electrons. The van der Waals surface area contributed by atoms with Gasteiger partial charge in [-0.1, -0.05) is 0 Å². The van der Waals surface area contributed by atoms with Gasteiger partial charge < -0.3 is 16.4 Å². The Bertz CT molecular complexity index is 6.85. The van der Waals surface area contributed by atoms with Crippen molar-refractivity contribution in [3.63, 3.8) is 0 Å². The van der Waals surface area contributed by atoms with Crippen LogP contribution in [0.2, 0.25) is 0 Å². The second-order valence-electron chi connectivity index (χ2n) is 0. The Labute approximate surface area is 71.5 Å². The van der Waals surface area contributed by atoms with E-state index in [4.69, 9.17) is 0 Å². The SMILES string of the molecule is [Bi].[Na+].[O-2].[O-2].[OH-]. The summed E-state index contributed by atoms with van der Waals surface area (Å²) >= 11 is 0. The molecule has 0 aromatic heterocycles. The van der Waals surface area contributed by atoms with Crippen LogP contribution < -0.4 is 29.6 Å². The van der Waals surface area contributed by atoms with Gasteiger partial charge in [-0.25, -0.2) is 0 Å². The summed E-state index contributed by atoms with van der Waals surface area (Å²) in [6.45, 7) is 0. The number of rotatable bonds is 0. The zero-order chi connectivity index (χ0) is 0. The molecule has 0 aliphatic heterocycles. The second-order valence-corrected chi connectivity index (χ2v) is 0. The van der Waals surface area contributed by atoms with Crippen molar-refractivity contribution in [3.05, 3.63) is 0 Å². The van der Waals surface area contributed by atoms with Crippen molar-refractivity contribution in [1.82, 2.24) is 0 Å². The molecule has 1 N–H and O–H groups in total. The van der Waals surface area contributed by atoms with E-state index < -0.39 is 0 Å². The van der Waals surface area contributed by atoms with E-state index in [1.54, 1.807) is 0 Å². The minimum atomic E-state index is 0. The third kappa shape index (κ3) is 26.3. The van der Waals surface area contributed by atoms with E-state index in [0.717, 1.165) is 0 Å². The fourth-order valence-corrected chi connectivity index (χ4v) is 0. The van der Waals surface area contributed by atoms with Crippen LogP contribution in [0.15, 0.2) is 0 Å². The Kier molecular flexibility index (Phi) is 608. The van der Waals surface area contributed by atoms with E-state index in [1.807, 2.05) is 0 Å². The molecule has 0 heterocycles. The first-order valence-electron chi connectivity index (χ1n) is 0. The largest absolute Gasteiger partial charge is 2.00 e. The number of hydrogen-bond acceptors (Lipinski definition) is 1. The smallest absolute Gasteiger partial charge is 1.00 e. The summed E-state index contributed by atoms with van der Waals surface area (Å²) < 4.78 is 0. The van der Waals surface area contributed by atoms with Crippen molar-refractivity contribution in [2.45, 2.75) is 0 Å². The van der Waals surface area contributed by atoms with Gasteiger partial charge in [-0.2, -0.15) is 0 Å². The van der Waals surface area contributed by atoms with Crippen LogP contribution in [0.1, 0.15) is 0 Å². The van der Waals surface area contributed by atoms with E-state index >= 15 is 0 Å². The van der Waals surface area contributed by atoms with Crippen molar-refractivity contribution in [1.29, 1.82) is 0 Å². The molecule has 0 amide bonds. The summed E-state index contributed by atoms with van der Waals surface area (Å²) in [5, 5.41) is 0. The summed E-state index contributed by atoms with van der Waals surface area (Å²) in [4.78, 5) is 0. The average molecular weight is 281 g/mol. The molecule has 0 aliphatic carbocycles. The van der Waals surface area contributed by atoms with E-state index in [9.17, 15) is 0 Å². The Balaban J connectivity index is 0. The van der Waals surface area contributed by atoms with E-state index in [0.29, 0.717) is 0 Å². The van der Waals surface area contributed by atoms with Crippen molar-refractivity contribution >= 4 is 26.2 Å². The molecule has 3 nitrogen and oxygen atoms in total. The molecule has 0 rings (SSSR count). The Morgan fingerprint density at radius 2 is 0.800 bits per heavy atom. The summed E-state index contributed by atoms with van der Waals surface area (Å²) in [7, 11) is 0. The minimum Gasteiger partial charge on any atom is -2.00 e. The zero-order valence-corrected chi connectivity index (χ0v) is 8.19. The maximum Gasteiger partial charge on any atom is 1.00 e. The third-order valence-corrected chi connectivity index (χ3v) is 0. The predicted molar refractivity (Wildman–Crippen MR) is 9.06 cm³/mol. The molecule has 0 unspecified atom stereocenters. The zero-order valence-electron chi connectivity index (χ0n) is 2.71. The van der Waals surface area contributed by atoms with Gasteiger partial charge in [0.25, 0.3) is 0 Å². The molecule has 0 aromatic carbocycles. The Morgan fingerprint density at radius 3 is 0.800 bits per heavy atom. The van der Waals surface area contributed by atoms with Crippen LogP contribution in [0.3, 0.4) is 0 Å². The summed E-state index contributed by atoms with van der Waals surface area (Å²) in [5.41, 5.74) is 0. The van der Waals surface area contributed by atoms with Crippen LogP contribution in [-0.2, 0) is 11.0 Å². The first-order chi connectivity index (χ1) is 0. The van der Waals surface area contributed by atoms with Crippen molar-refractivity contribution in [3.8, 4) is 0 Å². The molecule has 0 aromatic rings. The van der Waals surface area contributed by atoms with Gasteiger partial charge in [0, 0.05) is 26.2 Å². The molecule has 0 bridgehead atoms. The maximum absolute atomic E-state index is 0. The molecule has 5 heavy (non-hydrogen) atoms. The van der Waals surface area contributed by atoms with Gasteiger partial charge in [-0.3, -0.25) is 0 Å². The van der Waals surface area contributed by atoms with Gasteiger partial charge in [-0.05, 0) is 0 Å². The molecule has 0 saturated heterocycles. The Morgan fingerprint density at radius 1 is 0.800 bits per heavy atom. The molecular formula is HBiNaO3-4. The van der Waals surface area contributed by atoms with Crippen LogP contribution in [0.4, 0.5) is 0 Å². The van der Waals surface area contributed by atoms with Crippen molar-refractivity contribution in [2.24, 2.45) is 0 Å². The molecule has 0 spiro atoms. The van der Waals surface area contributed by atoms with Crippen LogP contribution in [0.5, 0.6) is 0 Å². The van der Waals surface area contributed by atoms with Gasteiger partial charge >= 0.3 is 29.6 Å². The van der Waals surface area contributed by atoms with E-state index in [-0.39, 0.29) is 72.2 Å². The van der Waals surface area contributed by atoms with E-state index in [1.165, 1.54) is 0 Å². The molecule has 29 valence electrons. The van der Waals surface area contributed by atoms with Gasteiger partial charge in [-0.15, -0.1) is 0 Å². The van der Waals surface area contributed by atoms with Crippen LogP contribution in [0, 0.1) is 0 Å². The van der Waals surface area contributed by atoms with Gasteiger partial charge in [0.05, 0.1) is 0 Å². The Hall–Kier alpha value is 1.76. The van der Waals surface area contributed by atoms with E-state index in [2.05, 4.69) is 0 Å².